The van der Waals surface area contributed by atoms with E-state index in [9.17, 15) is 14.4 Å². The molecule has 0 saturated carbocycles. The van der Waals surface area contributed by atoms with Crippen molar-refractivity contribution in [1.82, 2.24) is 0 Å². The van der Waals surface area contributed by atoms with Gasteiger partial charge in [-0.15, -0.1) is 11.3 Å². The minimum absolute atomic E-state index is 0.0380. The minimum Gasteiger partial charge on any atom is -0.457 e. The summed E-state index contributed by atoms with van der Waals surface area (Å²) in [6.45, 7) is 1.57. The summed E-state index contributed by atoms with van der Waals surface area (Å²) in [5.74, 6) is -0.965. The van der Waals surface area contributed by atoms with E-state index in [2.05, 4.69) is 0 Å². The van der Waals surface area contributed by atoms with Crippen LogP contribution in [0.3, 0.4) is 0 Å². The summed E-state index contributed by atoms with van der Waals surface area (Å²) in [6, 6.07) is 9.94. The van der Waals surface area contributed by atoms with Crippen LogP contribution in [0, 0.1) is 6.92 Å². The predicted octanol–water partition coefficient (Wildman–Crippen LogP) is 4.10. The van der Waals surface area contributed by atoms with Crippen LogP contribution in [0.4, 0.5) is 0 Å². The molecule has 0 amide bonds. The molecular formula is C17H15ClO4S. The molecule has 0 aliphatic carbocycles. The average Bonchev–Trinajstić information content (AvgIpc) is 2.97. The Kier molecular flexibility index (Phi) is 6.07. The van der Waals surface area contributed by atoms with E-state index in [1.807, 2.05) is 13.0 Å². The second-order valence-electron chi connectivity index (χ2n) is 4.92. The molecule has 23 heavy (non-hydrogen) atoms. The molecule has 0 saturated heterocycles. The molecule has 1 heterocycles. The number of hydrogen-bond acceptors (Lipinski definition) is 5. The molecule has 0 N–H and O–H groups in total. The van der Waals surface area contributed by atoms with Crippen molar-refractivity contribution in [2.45, 2.75) is 19.8 Å². The first-order chi connectivity index (χ1) is 11.0. The van der Waals surface area contributed by atoms with Crippen molar-refractivity contribution < 1.29 is 19.1 Å². The van der Waals surface area contributed by atoms with Crippen molar-refractivity contribution in [2.75, 3.05) is 6.61 Å². The number of aryl methyl sites for hydroxylation is 1. The zero-order valence-electron chi connectivity index (χ0n) is 12.5. The van der Waals surface area contributed by atoms with Gasteiger partial charge in [-0.25, -0.2) is 0 Å². The Bertz CT molecular complexity index is 718. The topological polar surface area (TPSA) is 60.4 Å². The van der Waals surface area contributed by atoms with Gasteiger partial charge in [-0.05, 0) is 43.3 Å². The van der Waals surface area contributed by atoms with Gasteiger partial charge in [0.1, 0.15) is 0 Å². The fourth-order valence-corrected chi connectivity index (χ4v) is 2.82. The molecule has 0 aliphatic rings. The molecule has 4 nitrogen and oxygen atoms in total. The zero-order valence-corrected chi connectivity index (χ0v) is 14.1. The van der Waals surface area contributed by atoms with Crippen LogP contribution in [0.5, 0.6) is 0 Å². The number of thiophene rings is 1. The third kappa shape index (κ3) is 5.30. The first kappa shape index (κ1) is 17.4. The molecule has 1 aromatic carbocycles. The fraction of sp³-hybridized carbons (Fsp3) is 0.235. The van der Waals surface area contributed by atoms with Crippen LogP contribution in [-0.2, 0) is 9.53 Å². The van der Waals surface area contributed by atoms with E-state index < -0.39 is 5.97 Å². The maximum atomic E-state index is 11.9. The zero-order chi connectivity index (χ0) is 16.8. The van der Waals surface area contributed by atoms with E-state index in [0.717, 1.165) is 4.88 Å². The Labute approximate surface area is 143 Å². The molecule has 0 unspecified atom stereocenters. The van der Waals surface area contributed by atoms with Crippen LogP contribution >= 0.6 is 22.9 Å². The molecule has 0 spiro atoms. The third-order valence-corrected chi connectivity index (χ3v) is 4.40. The lowest BCUT2D eigenvalue weighted by molar-refractivity contribution is -0.142. The van der Waals surface area contributed by atoms with Crippen LogP contribution in [-0.4, -0.2) is 24.1 Å². The summed E-state index contributed by atoms with van der Waals surface area (Å²) in [7, 11) is 0. The summed E-state index contributed by atoms with van der Waals surface area (Å²) >= 11 is 7.14. The van der Waals surface area contributed by atoms with E-state index in [1.165, 1.54) is 11.3 Å². The van der Waals surface area contributed by atoms with E-state index >= 15 is 0 Å². The minimum atomic E-state index is -0.561. The third-order valence-electron chi connectivity index (χ3n) is 3.10. The highest BCUT2D eigenvalue weighted by Gasteiger charge is 2.14. The molecule has 0 fully saturated rings. The molecule has 2 rings (SSSR count). The maximum absolute atomic E-state index is 11.9. The first-order valence-corrected chi connectivity index (χ1v) is 8.19. The predicted molar refractivity (Wildman–Crippen MR) is 89.4 cm³/mol. The van der Waals surface area contributed by atoms with Gasteiger partial charge in [-0.3, -0.25) is 14.4 Å². The number of esters is 1. The van der Waals surface area contributed by atoms with Crippen molar-refractivity contribution in [3.63, 3.8) is 0 Å². The molecule has 1 aromatic heterocycles. The standard InChI is InChI=1S/C17H15ClO4S/c1-11-2-8-16(23-11)14(19)7-9-17(21)22-10-15(20)12-3-5-13(18)6-4-12/h2-6,8H,7,9-10H2,1H3. The second-order valence-corrected chi connectivity index (χ2v) is 6.65. The van der Waals surface area contributed by atoms with Gasteiger partial charge < -0.3 is 4.74 Å². The molecule has 6 heteroatoms. The second kappa shape index (κ2) is 8.04. The van der Waals surface area contributed by atoms with Crippen LogP contribution in [0.25, 0.3) is 0 Å². The highest BCUT2D eigenvalue weighted by atomic mass is 35.5. The van der Waals surface area contributed by atoms with Gasteiger partial charge in [0, 0.05) is 21.9 Å². The lowest BCUT2D eigenvalue weighted by atomic mass is 10.1. The lowest BCUT2D eigenvalue weighted by Gasteiger charge is -2.04. The van der Waals surface area contributed by atoms with Gasteiger partial charge in [-0.1, -0.05) is 11.6 Å². The van der Waals surface area contributed by atoms with Gasteiger partial charge in [0.05, 0.1) is 11.3 Å². The molecule has 0 radical (unpaired) electrons. The maximum Gasteiger partial charge on any atom is 0.306 e. The van der Waals surface area contributed by atoms with Crippen molar-refractivity contribution in [3.8, 4) is 0 Å². The molecule has 2 aromatic rings. The Morgan fingerprint density at radius 3 is 2.30 bits per heavy atom. The Morgan fingerprint density at radius 2 is 1.70 bits per heavy atom. The van der Waals surface area contributed by atoms with Crippen molar-refractivity contribution in [1.29, 1.82) is 0 Å². The summed E-state index contributed by atoms with van der Waals surface area (Å²) < 4.78 is 4.91. The largest absolute Gasteiger partial charge is 0.457 e. The van der Waals surface area contributed by atoms with Crippen molar-refractivity contribution in [3.05, 3.63) is 56.7 Å². The van der Waals surface area contributed by atoms with Crippen LogP contribution in [0.2, 0.25) is 5.02 Å². The monoisotopic (exact) mass is 350 g/mol. The van der Waals surface area contributed by atoms with Gasteiger partial charge in [0.15, 0.2) is 18.2 Å². The number of rotatable bonds is 7. The van der Waals surface area contributed by atoms with E-state index in [0.29, 0.717) is 15.5 Å². The normalized spacial score (nSPS) is 10.3. The Morgan fingerprint density at radius 1 is 1.00 bits per heavy atom. The van der Waals surface area contributed by atoms with Crippen LogP contribution in [0.15, 0.2) is 36.4 Å². The van der Waals surface area contributed by atoms with Crippen LogP contribution < -0.4 is 0 Å². The van der Waals surface area contributed by atoms with Crippen molar-refractivity contribution >= 4 is 40.5 Å². The highest BCUT2D eigenvalue weighted by Crippen LogP contribution is 2.17. The molecule has 120 valence electrons. The Balaban J connectivity index is 1.75. The molecule has 0 aliphatic heterocycles. The average molecular weight is 351 g/mol. The highest BCUT2D eigenvalue weighted by molar-refractivity contribution is 7.14. The number of ether oxygens (including phenoxy) is 1. The SMILES string of the molecule is Cc1ccc(C(=O)CCC(=O)OCC(=O)c2ccc(Cl)cc2)s1. The number of benzene rings is 1. The van der Waals surface area contributed by atoms with Gasteiger partial charge >= 0.3 is 5.97 Å². The summed E-state index contributed by atoms with van der Waals surface area (Å²) in [6.07, 6.45) is 0.0393. The molecule has 0 bridgehead atoms. The van der Waals surface area contributed by atoms with E-state index in [1.54, 1.807) is 30.3 Å². The fourth-order valence-electron chi connectivity index (χ4n) is 1.86. The summed E-state index contributed by atoms with van der Waals surface area (Å²) in [5.41, 5.74) is 0.423. The number of Topliss-reactive ketones (excluding diaryl/α,β-unsaturated/α-hetero) is 2. The number of carbonyl (C=O) groups excluding carboxylic acids is 3. The number of carbonyl (C=O) groups is 3. The van der Waals surface area contributed by atoms with E-state index in [-0.39, 0.29) is 31.0 Å². The van der Waals surface area contributed by atoms with Crippen LogP contribution in [0.1, 0.15) is 37.7 Å². The van der Waals surface area contributed by atoms with Gasteiger partial charge in [0.2, 0.25) is 0 Å². The quantitative estimate of drug-likeness (QED) is 0.557. The smallest absolute Gasteiger partial charge is 0.306 e. The summed E-state index contributed by atoms with van der Waals surface area (Å²) in [5, 5.41) is 0.529. The first-order valence-electron chi connectivity index (χ1n) is 7.00. The Hall–Kier alpha value is -1.98. The molecule has 0 atom stereocenters. The van der Waals surface area contributed by atoms with Crippen molar-refractivity contribution in [2.24, 2.45) is 0 Å². The lowest BCUT2D eigenvalue weighted by Crippen LogP contribution is -2.14. The van der Waals surface area contributed by atoms with E-state index in [4.69, 9.17) is 16.3 Å². The summed E-state index contributed by atoms with van der Waals surface area (Å²) in [4.78, 5) is 37.0. The number of ketones is 2. The molecular weight excluding hydrogens is 336 g/mol. The van der Waals surface area contributed by atoms with Gasteiger partial charge in [-0.2, -0.15) is 0 Å². The van der Waals surface area contributed by atoms with Gasteiger partial charge in [0.25, 0.3) is 0 Å². The number of hydrogen-bond donors (Lipinski definition) is 0. The number of halogens is 1.